The number of rotatable bonds is 3. The minimum Gasteiger partial charge on any atom is -0.352 e. The molecule has 2 heterocycles. The van der Waals surface area contributed by atoms with Crippen molar-refractivity contribution in [1.29, 1.82) is 0 Å². The van der Waals surface area contributed by atoms with Gasteiger partial charge in [-0.15, -0.1) is 0 Å². The number of hydrogen-bond acceptors (Lipinski definition) is 3. The molecule has 4 heteroatoms. The topological polar surface area (TPSA) is 45.2 Å². The second-order valence-corrected chi connectivity index (χ2v) is 4.36. The number of likely N-dealkylation sites (tertiary alicyclic amines) is 1. The monoisotopic (exact) mass is 219 g/mol. The first kappa shape index (κ1) is 11.1. The first-order valence-electron chi connectivity index (χ1n) is 5.62. The summed E-state index contributed by atoms with van der Waals surface area (Å²) in [5.41, 5.74) is 0.682. The van der Waals surface area contributed by atoms with Gasteiger partial charge in [0.05, 0.1) is 0 Å². The van der Waals surface area contributed by atoms with Crippen molar-refractivity contribution >= 4 is 5.91 Å². The largest absolute Gasteiger partial charge is 0.352 e. The molecule has 1 fully saturated rings. The third kappa shape index (κ3) is 2.79. The van der Waals surface area contributed by atoms with Crippen molar-refractivity contribution in [3.8, 4) is 0 Å². The standard InChI is InChI=1S/C12H17N3O/c1-15-7-4-10(9-15)8-14-12(16)11-2-5-13-6-3-11/h2-3,5-6,10H,4,7-9H2,1H3,(H,14,16). The van der Waals surface area contributed by atoms with Gasteiger partial charge in [-0.05, 0) is 38.1 Å². The molecule has 1 amide bonds. The van der Waals surface area contributed by atoms with Crippen molar-refractivity contribution in [2.45, 2.75) is 6.42 Å². The fourth-order valence-corrected chi connectivity index (χ4v) is 2.04. The summed E-state index contributed by atoms with van der Waals surface area (Å²) in [6.07, 6.45) is 4.45. The molecule has 1 saturated heterocycles. The number of pyridine rings is 1. The van der Waals surface area contributed by atoms with Gasteiger partial charge in [-0.1, -0.05) is 0 Å². The molecule has 0 aliphatic carbocycles. The van der Waals surface area contributed by atoms with Gasteiger partial charge < -0.3 is 10.2 Å². The predicted molar refractivity (Wildman–Crippen MR) is 62.2 cm³/mol. The van der Waals surface area contributed by atoms with E-state index in [2.05, 4.69) is 22.2 Å². The number of hydrogen-bond donors (Lipinski definition) is 1. The second kappa shape index (κ2) is 5.07. The zero-order valence-electron chi connectivity index (χ0n) is 9.52. The van der Waals surface area contributed by atoms with Crippen LogP contribution in [0.1, 0.15) is 16.8 Å². The van der Waals surface area contributed by atoms with Crippen LogP contribution in [0.5, 0.6) is 0 Å². The Kier molecular flexibility index (Phi) is 3.51. The van der Waals surface area contributed by atoms with E-state index in [-0.39, 0.29) is 5.91 Å². The van der Waals surface area contributed by atoms with Gasteiger partial charge in [0.1, 0.15) is 0 Å². The summed E-state index contributed by atoms with van der Waals surface area (Å²) in [5, 5.41) is 2.97. The van der Waals surface area contributed by atoms with Crippen molar-refractivity contribution in [2.75, 3.05) is 26.7 Å². The van der Waals surface area contributed by atoms with E-state index >= 15 is 0 Å². The molecule has 1 atom stereocenters. The molecular weight excluding hydrogens is 202 g/mol. The zero-order valence-corrected chi connectivity index (χ0v) is 9.52. The summed E-state index contributed by atoms with van der Waals surface area (Å²) in [6, 6.07) is 3.46. The summed E-state index contributed by atoms with van der Waals surface area (Å²) >= 11 is 0. The second-order valence-electron chi connectivity index (χ2n) is 4.36. The first-order valence-corrected chi connectivity index (χ1v) is 5.62. The zero-order chi connectivity index (χ0) is 11.4. The Morgan fingerprint density at radius 2 is 2.31 bits per heavy atom. The lowest BCUT2D eigenvalue weighted by molar-refractivity contribution is 0.0947. The normalized spacial score (nSPS) is 20.9. The van der Waals surface area contributed by atoms with Crippen molar-refractivity contribution in [1.82, 2.24) is 15.2 Å². The Labute approximate surface area is 95.7 Å². The van der Waals surface area contributed by atoms with Crippen molar-refractivity contribution in [2.24, 2.45) is 5.92 Å². The number of carbonyl (C=O) groups excluding carboxylic acids is 1. The highest BCUT2D eigenvalue weighted by molar-refractivity contribution is 5.93. The average Bonchev–Trinajstić information content (AvgIpc) is 2.73. The van der Waals surface area contributed by atoms with Crippen molar-refractivity contribution < 1.29 is 4.79 Å². The van der Waals surface area contributed by atoms with Gasteiger partial charge in [0, 0.05) is 31.0 Å². The SMILES string of the molecule is CN1CCC(CNC(=O)c2ccncc2)C1. The van der Waals surface area contributed by atoms with E-state index in [1.54, 1.807) is 24.5 Å². The fraction of sp³-hybridized carbons (Fsp3) is 0.500. The van der Waals surface area contributed by atoms with Crippen LogP contribution in [0.4, 0.5) is 0 Å². The maximum absolute atomic E-state index is 11.7. The quantitative estimate of drug-likeness (QED) is 0.816. The molecule has 86 valence electrons. The van der Waals surface area contributed by atoms with E-state index in [1.165, 1.54) is 6.42 Å². The van der Waals surface area contributed by atoms with E-state index in [1.807, 2.05) is 0 Å². The average molecular weight is 219 g/mol. The van der Waals surface area contributed by atoms with Crippen molar-refractivity contribution in [3.63, 3.8) is 0 Å². The molecular formula is C12H17N3O. The number of nitrogens with zero attached hydrogens (tertiary/aromatic N) is 2. The molecule has 16 heavy (non-hydrogen) atoms. The summed E-state index contributed by atoms with van der Waals surface area (Å²) in [7, 11) is 2.12. The molecule has 1 aromatic rings. The van der Waals surface area contributed by atoms with Gasteiger partial charge in [0.2, 0.25) is 0 Å². The smallest absolute Gasteiger partial charge is 0.251 e. The Bertz CT molecular complexity index is 353. The van der Waals surface area contributed by atoms with Crippen LogP contribution in [-0.4, -0.2) is 42.5 Å². The lowest BCUT2D eigenvalue weighted by atomic mass is 10.1. The number of carbonyl (C=O) groups is 1. The molecule has 1 aliphatic rings. The minimum absolute atomic E-state index is 0.00282. The highest BCUT2D eigenvalue weighted by Crippen LogP contribution is 2.12. The predicted octanol–water partition coefficient (Wildman–Crippen LogP) is 0.763. The molecule has 1 aromatic heterocycles. The maximum Gasteiger partial charge on any atom is 0.251 e. The maximum atomic E-state index is 11.7. The molecule has 4 nitrogen and oxygen atoms in total. The summed E-state index contributed by atoms with van der Waals surface area (Å²) < 4.78 is 0. The third-order valence-electron chi connectivity index (χ3n) is 2.98. The lowest BCUT2D eigenvalue weighted by Crippen LogP contribution is -2.30. The summed E-state index contributed by atoms with van der Waals surface area (Å²) in [5.74, 6) is 0.591. The van der Waals surface area contributed by atoms with E-state index in [0.29, 0.717) is 11.5 Å². The number of amides is 1. The molecule has 1 unspecified atom stereocenters. The molecule has 0 spiro atoms. The van der Waals surface area contributed by atoms with Crippen LogP contribution in [0.15, 0.2) is 24.5 Å². The third-order valence-corrected chi connectivity index (χ3v) is 2.98. The van der Waals surface area contributed by atoms with Crippen LogP contribution in [0, 0.1) is 5.92 Å². The summed E-state index contributed by atoms with van der Waals surface area (Å²) in [6.45, 7) is 2.98. The molecule has 1 aliphatic heterocycles. The molecule has 0 aromatic carbocycles. The van der Waals surface area contributed by atoms with Gasteiger partial charge in [-0.25, -0.2) is 0 Å². The Balaban J connectivity index is 1.80. The molecule has 0 saturated carbocycles. The highest BCUT2D eigenvalue weighted by Gasteiger charge is 2.19. The van der Waals surface area contributed by atoms with Crippen molar-refractivity contribution in [3.05, 3.63) is 30.1 Å². The Hall–Kier alpha value is -1.42. The van der Waals surface area contributed by atoms with Crippen LogP contribution < -0.4 is 5.32 Å². The Morgan fingerprint density at radius 3 is 2.94 bits per heavy atom. The van der Waals surface area contributed by atoms with Crippen LogP contribution in [0.25, 0.3) is 0 Å². The summed E-state index contributed by atoms with van der Waals surface area (Å²) in [4.78, 5) is 17.9. The van der Waals surface area contributed by atoms with Crippen LogP contribution in [0.2, 0.25) is 0 Å². The molecule has 1 N–H and O–H groups in total. The first-order chi connectivity index (χ1) is 7.75. The van der Waals surface area contributed by atoms with E-state index in [9.17, 15) is 4.79 Å². The van der Waals surface area contributed by atoms with Gasteiger partial charge in [-0.3, -0.25) is 9.78 Å². The van der Waals surface area contributed by atoms with Crippen LogP contribution in [-0.2, 0) is 0 Å². The van der Waals surface area contributed by atoms with E-state index in [4.69, 9.17) is 0 Å². The number of aromatic nitrogens is 1. The van der Waals surface area contributed by atoms with Gasteiger partial charge in [-0.2, -0.15) is 0 Å². The van der Waals surface area contributed by atoms with E-state index in [0.717, 1.165) is 19.6 Å². The molecule has 0 bridgehead atoms. The number of nitrogens with one attached hydrogen (secondary N) is 1. The van der Waals surface area contributed by atoms with Gasteiger partial charge in [0.15, 0.2) is 0 Å². The molecule has 0 radical (unpaired) electrons. The fourth-order valence-electron chi connectivity index (χ4n) is 2.04. The van der Waals surface area contributed by atoms with Crippen LogP contribution in [0.3, 0.4) is 0 Å². The minimum atomic E-state index is -0.00282. The Morgan fingerprint density at radius 1 is 1.56 bits per heavy atom. The highest BCUT2D eigenvalue weighted by atomic mass is 16.1. The van der Waals surface area contributed by atoms with Gasteiger partial charge >= 0.3 is 0 Å². The lowest BCUT2D eigenvalue weighted by Gasteiger charge is -2.11. The molecule has 2 rings (SSSR count). The van der Waals surface area contributed by atoms with E-state index < -0.39 is 0 Å². The van der Waals surface area contributed by atoms with Crippen LogP contribution >= 0.6 is 0 Å². The van der Waals surface area contributed by atoms with Gasteiger partial charge in [0.25, 0.3) is 5.91 Å².